The molecule has 5 nitrogen and oxygen atoms in total. The Hall–Kier alpha value is -7.54. The van der Waals surface area contributed by atoms with Crippen LogP contribution in [0, 0.1) is 0 Å². The Morgan fingerprint density at radius 2 is 0.845 bits per heavy atom. The van der Waals surface area contributed by atoms with E-state index in [4.69, 9.17) is 24.4 Å². The van der Waals surface area contributed by atoms with E-state index < -0.39 is 0 Å². The molecular formula is C52H32N4OS. The molecule has 0 fully saturated rings. The number of nitrogens with zero attached hydrogens (tertiary/aromatic N) is 4. The molecule has 58 heavy (non-hydrogen) atoms. The van der Waals surface area contributed by atoms with Crippen molar-refractivity contribution in [3.63, 3.8) is 0 Å². The van der Waals surface area contributed by atoms with Crippen LogP contribution in [0.1, 0.15) is 0 Å². The van der Waals surface area contributed by atoms with Gasteiger partial charge in [-0.15, -0.1) is 11.3 Å². The van der Waals surface area contributed by atoms with Gasteiger partial charge in [-0.3, -0.25) is 0 Å². The fourth-order valence-electron chi connectivity index (χ4n) is 7.66. The molecule has 11 rings (SSSR count). The summed E-state index contributed by atoms with van der Waals surface area (Å²) in [6, 6.07) is 67.1. The number of hydrogen-bond acceptors (Lipinski definition) is 6. The molecule has 272 valence electrons. The molecule has 11 aromatic rings. The van der Waals surface area contributed by atoms with Gasteiger partial charge in [0.1, 0.15) is 5.52 Å². The highest BCUT2D eigenvalue weighted by Crippen LogP contribution is 2.38. The van der Waals surface area contributed by atoms with Gasteiger partial charge in [0.05, 0.1) is 0 Å². The smallest absolute Gasteiger partial charge is 0.227 e. The first kappa shape index (κ1) is 33.8. The summed E-state index contributed by atoms with van der Waals surface area (Å²) in [5.41, 5.74) is 11.8. The molecule has 0 aliphatic carbocycles. The molecule has 0 atom stereocenters. The highest BCUT2D eigenvalue weighted by molar-refractivity contribution is 7.25. The van der Waals surface area contributed by atoms with E-state index in [0.717, 1.165) is 66.7 Å². The third-order valence-electron chi connectivity index (χ3n) is 10.6. The average Bonchev–Trinajstić information content (AvgIpc) is 3.92. The molecule has 0 aliphatic heterocycles. The molecule has 3 aromatic heterocycles. The van der Waals surface area contributed by atoms with Crippen molar-refractivity contribution in [2.45, 2.75) is 0 Å². The largest absolute Gasteiger partial charge is 0.436 e. The number of thiophene rings is 1. The van der Waals surface area contributed by atoms with Gasteiger partial charge >= 0.3 is 0 Å². The van der Waals surface area contributed by atoms with Crippen LogP contribution in [0.5, 0.6) is 0 Å². The lowest BCUT2D eigenvalue weighted by Crippen LogP contribution is -2.00. The minimum Gasteiger partial charge on any atom is -0.436 e. The molecule has 0 unspecified atom stereocenters. The molecule has 0 radical (unpaired) electrons. The zero-order valence-corrected chi connectivity index (χ0v) is 31.9. The quantitative estimate of drug-likeness (QED) is 0.162. The van der Waals surface area contributed by atoms with Crippen LogP contribution in [0.3, 0.4) is 0 Å². The van der Waals surface area contributed by atoms with Crippen molar-refractivity contribution in [2.75, 3.05) is 0 Å². The lowest BCUT2D eigenvalue weighted by Gasteiger charge is -2.11. The third kappa shape index (κ3) is 6.22. The van der Waals surface area contributed by atoms with Gasteiger partial charge in [0, 0.05) is 48.0 Å². The van der Waals surface area contributed by atoms with E-state index in [2.05, 4.69) is 146 Å². The van der Waals surface area contributed by atoms with Gasteiger partial charge in [-0.05, 0) is 82.4 Å². The van der Waals surface area contributed by atoms with Crippen LogP contribution < -0.4 is 0 Å². The topological polar surface area (TPSA) is 64.7 Å². The van der Waals surface area contributed by atoms with Crippen LogP contribution in [0.2, 0.25) is 0 Å². The van der Waals surface area contributed by atoms with E-state index in [1.54, 1.807) is 11.3 Å². The Morgan fingerprint density at radius 1 is 0.328 bits per heavy atom. The van der Waals surface area contributed by atoms with Gasteiger partial charge in [-0.1, -0.05) is 140 Å². The van der Waals surface area contributed by atoms with Gasteiger partial charge in [-0.2, -0.15) is 0 Å². The molecule has 0 saturated heterocycles. The predicted octanol–water partition coefficient (Wildman–Crippen LogP) is 14.0. The van der Waals surface area contributed by atoms with Crippen LogP contribution in [0.4, 0.5) is 0 Å². The van der Waals surface area contributed by atoms with E-state index in [0.29, 0.717) is 23.4 Å². The maximum atomic E-state index is 6.21. The summed E-state index contributed by atoms with van der Waals surface area (Å²) in [7, 11) is 0. The van der Waals surface area contributed by atoms with Gasteiger partial charge in [-0.25, -0.2) is 19.9 Å². The van der Waals surface area contributed by atoms with Crippen molar-refractivity contribution >= 4 is 42.6 Å². The molecule has 3 heterocycles. The van der Waals surface area contributed by atoms with Crippen molar-refractivity contribution in [3.05, 3.63) is 194 Å². The Kier molecular flexibility index (Phi) is 8.26. The molecule has 0 spiro atoms. The number of oxazole rings is 1. The molecule has 0 aliphatic rings. The van der Waals surface area contributed by atoms with Gasteiger partial charge in [0.2, 0.25) is 5.89 Å². The van der Waals surface area contributed by atoms with Gasteiger partial charge in [0.25, 0.3) is 0 Å². The van der Waals surface area contributed by atoms with Crippen LogP contribution >= 0.6 is 11.3 Å². The second kappa shape index (κ2) is 14.2. The average molecular weight is 761 g/mol. The number of para-hydroxylation sites is 1. The van der Waals surface area contributed by atoms with Gasteiger partial charge < -0.3 is 4.42 Å². The Morgan fingerprint density at radius 3 is 1.60 bits per heavy atom. The third-order valence-corrected chi connectivity index (χ3v) is 11.7. The summed E-state index contributed by atoms with van der Waals surface area (Å²) in [4.78, 5) is 20.3. The first-order chi connectivity index (χ1) is 28.7. The molecule has 8 aromatic carbocycles. The summed E-state index contributed by atoms with van der Waals surface area (Å²) in [6.07, 6.45) is 0. The minimum absolute atomic E-state index is 0.610. The van der Waals surface area contributed by atoms with Crippen molar-refractivity contribution < 1.29 is 4.42 Å². The minimum atomic E-state index is 0.610. The van der Waals surface area contributed by atoms with E-state index in [9.17, 15) is 0 Å². The first-order valence-electron chi connectivity index (χ1n) is 19.2. The summed E-state index contributed by atoms with van der Waals surface area (Å²) in [5.74, 6) is 2.48. The predicted molar refractivity (Wildman–Crippen MR) is 238 cm³/mol. The molecular weight excluding hydrogens is 729 g/mol. The Bertz CT molecular complexity index is 3280. The standard InChI is InChI=1S/C52H32N4OS/c1-3-12-33(13-4-1)34-24-26-35(27-25-34)49-54-50(56-51(55-49)41-28-29-47-44(32-41)43-20-7-8-23-46(43)58-47)40-19-10-17-38(31-40)37-16-9-18-39(30-37)42-21-11-22-45-48(42)53-52(57-45)36-14-5-2-6-15-36/h1-32H. The van der Waals surface area contributed by atoms with Gasteiger partial charge in [0.15, 0.2) is 23.1 Å². The normalized spacial score (nSPS) is 11.4. The lowest BCUT2D eigenvalue weighted by molar-refractivity contribution is 0.620. The molecule has 6 heteroatoms. The summed E-state index contributed by atoms with van der Waals surface area (Å²) < 4.78 is 8.71. The number of fused-ring (bicyclic) bond motifs is 4. The molecule has 0 amide bonds. The lowest BCUT2D eigenvalue weighted by atomic mass is 9.97. The Labute approximate surface area is 338 Å². The van der Waals surface area contributed by atoms with E-state index in [-0.39, 0.29) is 0 Å². The second-order valence-corrected chi connectivity index (χ2v) is 15.3. The van der Waals surface area contributed by atoms with Crippen LogP contribution in [-0.4, -0.2) is 19.9 Å². The van der Waals surface area contributed by atoms with Crippen molar-refractivity contribution in [1.82, 2.24) is 19.9 Å². The van der Waals surface area contributed by atoms with Crippen LogP contribution in [0.25, 0.3) is 110 Å². The first-order valence-corrected chi connectivity index (χ1v) is 20.0. The SMILES string of the molecule is c1ccc(-c2ccc(-c3nc(-c4cccc(-c5cccc(-c6cccc7oc(-c8ccccc8)nc67)c5)c4)nc(-c4ccc5sc6ccccc6c5c4)n3)cc2)cc1. The highest BCUT2D eigenvalue weighted by Gasteiger charge is 2.17. The maximum absolute atomic E-state index is 6.21. The van der Waals surface area contributed by atoms with Crippen LogP contribution in [-0.2, 0) is 0 Å². The maximum Gasteiger partial charge on any atom is 0.227 e. The van der Waals surface area contributed by atoms with Crippen molar-refractivity contribution in [2.24, 2.45) is 0 Å². The summed E-state index contributed by atoms with van der Waals surface area (Å²) >= 11 is 1.80. The fraction of sp³-hybridized carbons (Fsp3) is 0. The zero-order valence-electron chi connectivity index (χ0n) is 31.1. The van der Waals surface area contributed by atoms with E-state index >= 15 is 0 Å². The zero-order chi connectivity index (χ0) is 38.4. The fourth-order valence-corrected chi connectivity index (χ4v) is 8.75. The number of hydrogen-bond donors (Lipinski definition) is 0. The number of benzene rings is 8. The number of rotatable bonds is 7. The number of aromatic nitrogens is 4. The monoisotopic (exact) mass is 760 g/mol. The summed E-state index contributed by atoms with van der Waals surface area (Å²) in [5, 5.41) is 2.44. The van der Waals surface area contributed by atoms with Crippen LogP contribution in [0.15, 0.2) is 199 Å². The van der Waals surface area contributed by atoms with Crippen molar-refractivity contribution in [1.29, 1.82) is 0 Å². The van der Waals surface area contributed by atoms with E-state index in [1.807, 2.05) is 48.5 Å². The van der Waals surface area contributed by atoms with E-state index in [1.165, 1.54) is 20.2 Å². The summed E-state index contributed by atoms with van der Waals surface area (Å²) in [6.45, 7) is 0. The molecule has 0 N–H and O–H groups in total. The molecule has 0 bridgehead atoms. The second-order valence-electron chi connectivity index (χ2n) is 14.3. The molecule has 0 saturated carbocycles. The highest BCUT2D eigenvalue weighted by atomic mass is 32.1. The van der Waals surface area contributed by atoms with Crippen molar-refractivity contribution in [3.8, 4) is 79.0 Å². The Balaban J connectivity index is 1.00.